The van der Waals surface area contributed by atoms with Gasteiger partial charge in [0, 0.05) is 0 Å². The van der Waals surface area contributed by atoms with Crippen molar-refractivity contribution >= 4 is 24.1 Å². The van der Waals surface area contributed by atoms with Gasteiger partial charge in [-0.25, -0.2) is 4.39 Å². The Kier molecular flexibility index (Phi) is 6.89. The van der Waals surface area contributed by atoms with Crippen molar-refractivity contribution in [3.05, 3.63) is 34.6 Å². The first-order chi connectivity index (χ1) is 9.86. The molecule has 0 aromatic heterocycles. The Hall–Kier alpha value is -1.36. The molecule has 1 amide bonds. The van der Waals surface area contributed by atoms with Crippen LogP contribution in [0.4, 0.5) is 4.39 Å². The van der Waals surface area contributed by atoms with Crippen LogP contribution in [0.1, 0.15) is 56.2 Å². The average Bonchev–Trinajstić information content (AvgIpc) is 2.40. The predicted octanol–water partition coefficient (Wildman–Crippen LogP) is 3.58. The summed E-state index contributed by atoms with van der Waals surface area (Å²) in [5.41, 5.74) is 2.63. The molecule has 21 heavy (non-hydrogen) atoms. The maximum atomic E-state index is 13.8. The lowest BCUT2D eigenvalue weighted by atomic mass is 9.87. The van der Waals surface area contributed by atoms with E-state index in [0.29, 0.717) is 0 Å². The van der Waals surface area contributed by atoms with Crippen molar-refractivity contribution < 1.29 is 14.0 Å². The Morgan fingerprint density at radius 1 is 1.24 bits per heavy atom. The molecular weight excluding hydrogens is 289 g/mol. The van der Waals surface area contributed by atoms with Crippen LogP contribution in [0.2, 0.25) is 0 Å². The Labute approximate surface area is 129 Å². The normalized spacial score (nSPS) is 11.0. The molecule has 0 bridgehead atoms. The van der Waals surface area contributed by atoms with Crippen molar-refractivity contribution in [2.45, 2.75) is 46.0 Å². The quantitative estimate of drug-likeness (QED) is 0.475. The molecule has 0 atom stereocenters. The molecule has 1 rings (SSSR count). The van der Waals surface area contributed by atoms with E-state index >= 15 is 0 Å². The maximum absolute atomic E-state index is 13.8. The van der Waals surface area contributed by atoms with Crippen LogP contribution in [0.15, 0.2) is 12.1 Å². The van der Waals surface area contributed by atoms with Gasteiger partial charge in [0.1, 0.15) is 12.1 Å². The molecule has 0 heterocycles. The smallest absolute Gasteiger partial charge is 0.234 e. The summed E-state index contributed by atoms with van der Waals surface area (Å²) in [6, 6.07) is 3.02. The molecule has 116 valence electrons. The molecule has 0 radical (unpaired) electrons. The van der Waals surface area contributed by atoms with Crippen molar-refractivity contribution in [3.63, 3.8) is 0 Å². The first-order valence-electron chi connectivity index (χ1n) is 7.03. The minimum Gasteiger partial charge on any atom is -0.302 e. The molecule has 1 aromatic carbocycles. The third-order valence-corrected chi connectivity index (χ3v) is 3.88. The number of aldehydes is 1. The lowest BCUT2D eigenvalue weighted by Crippen LogP contribution is -2.21. The van der Waals surface area contributed by atoms with E-state index < -0.39 is 0 Å². The summed E-state index contributed by atoms with van der Waals surface area (Å²) in [7, 11) is 0. The molecule has 0 fully saturated rings. The third-order valence-electron chi connectivity index (χ3n) is 3.20. The van der Waals surface area contributed by atoms with Crippen LogP contribution in [0.5, 0.6) is 0 Å². The van der Waals surface area contributed by atoms with E-state index in [1.54, 1.807) is 0 Å². The largest absolute Gasteiger partial charge is 0.302 e. The Balaban J connectivity index is 3.07. The van der Waals surface area contributed by atoms with Gasteiger partial charge in [-0.1, -0.05) is 27.7 Å². The third kappa shape index (κ3) is 5.16. The van der Waals surface area contributed by atoms with Crippen LogP contribution in [0, 0.1) is 5.82 Å². The molecule has 0 saturated heterocycles. The highest BCUT2D eigenvalue weighted by molar-refractivity contribution is 7.98. The van der Waals surface area contributed by atoms with Crippen LogP contribution in [0.25, 0.3) is 0 Å². The fourth-order valence-corrected chi connectivity index (χ4v) is 2.65. The van der Waals surface area contributed by atoms with Gasteiger partial charge in [-0.15, -0.1) is 0 Å². The second kappa shape index (κ2) is 8.17. The molecule has 0 aliphatic heterocycles. The zero-order valence-electron chi connectivity index (χ0n) is 12.9. The second-order valence-electron chi connectivity index (χ2n) is 5.55. The zero-order chi connectivity index (χ0) is 16.0. The van der Waals surface area contributed by atoms with Gasteiger partial charge in [-0.3, -0.25) is 9.52 Å². The van der Waals surface area contributed by atoms with Crippen LogP contribution >= 0.6 is 11.9 Å². The van der Waals surface area contributed by atoms with Gasteiger partial charge in [-0.2, -0.15) is 0 Å². The van der Waals surface area contributed by atoms with Crippen molar-refractivity contribution in [2.75, 3.05) is 5.75 Å². The number of amides is 1. The monoisotopic (exact) mass is 311 g/mol. The molecule has 1 N–H and O–H groups in total. The van der Waals surface area contributed by atoms with Crippen LogP contribution in [0.3, 0.4) is 0 Å². The van der Waals surface area contributed by atoms with Gasteiger partial charge >= 0.3 is 0 Å². The van der Waals surface area contributed by atoms with Crippen molar-refractivity contribution in [1.29, 1.82) is 0 Å². The molecule has 1 aromatic rings. The highest BCUT2D eigenvalue weighted by atomic mass is 32.2. The highest BCUT2D eigenvalue weighted by Crippen LogP contribution is 2.29. The fraction of sp³-hybridized carbons (Fsp3) is 0.500. The predicted molar refractivity (Wildman–Crippen MR) is 84.9 cm³/mol. The second-order valence-corrected chi connectivity index (χ2v) is 6.38. The Morgan fingerprint density at radius 2 is 1.76 bits per heavy atom. The van der Waals surface area contributed by atoms with Crippen LogP contribution in [-0.4, -0.2) is 17.9 Å². The minimum atomic E-state index is -0.262. The lowest BCUT2D eigenvalue weighted by molar-refractivity contribution is -0.118. The zero-order valence-corrected chi connectivity index (χ0v) is 13.7. The molecule has 3 nitrogen and oxygen atoms in total. The summed E-state index contributed by atoms with van der Waals surface area (Å²) < 4.78 is 16.4. The number of benzene rings is 1. The van der Waals surface area contributed by atoms with E-state index in [1.165, 1.54) is 12.1 Å². The summed E-state index contributed by atoms with van der Waals surface area (Å²) in [5, 5.41) is 0. The van der Waals surface area contributed by atoms with Gasteiger partial charge in [0.05, 0.1) is 12.2 Å². The molecule has 0 saturated carbocycles. The highest BCUT2D eigenvalue weighted by Gasteiger charge is 2.18. The molecule has 0 spiro atoms. The number of hydrogen-bond donors (Lipinski definition) is 1. The number of hydrogen-bond acceptors (Lipinski definition) is 3. The Bertz CT molecular complexity index is 486. The summed E-state index contributed by atoms with van der Waals surface area (Å²) in [5.74, 6) is 0.0786. The molecule has 0 aliphatic carbocycles. The van der Waals surface area contributed by atoms with E-state index in [9.17, 15) is 14.0 Å². The number of halogens is 1. The van der Waals surface area contributed by atoms with Crippen molar-refractivity contribution in [1.82, 2.24) is 4.72 Å². The van der Waals surface area contributed by atoms with Gasteiger partial charge < -0.3 is 4.79 Å². The summed E-state index contributed by atoms with van der Waals surface area (Å²) in [6.45, 7) is 7.95. The average molecular weight is 311 g/mol. The number of carbonyl (C=O) groups is 2. The molecular formula is C16H22FNO2S. The van der Waals surface area contributed by atoms with E-state index in [0.717, 1.165) is 34.9 Å². The fourth-order valence-electron chi connectivity index (χ4n) is 2.27. The van der Waals surface area contributed by atoms with Gasteiger partial charge in [0.15, 0.2) is 0 Å². The maximum Gasteiger partial charge on any atom is 0.234 e. The van der Waals surface area contributed by atoms with Gasteiger partial charge in [0.2, 0.25) is 5.91 Å². The molecule has 0 aliphatic rings. The van der Waals surface area contributed by atoms with Crippen LogP contribution < -0.4 is 4.72 Å². The summed E-state index contributed by atoms with van der Waals surface area (Å²) >= 11 is 1.07. The first-order valence-corrected chi connectivity index (χ1v) is 8.01. The first kappa shape index (κ1) is 17.7. The van der Waals surface area contributed by atoms with E-state index in [1.807, 2.05) is 27.7 Å². The topological polar surface area (TPSA) is 46.2 Å². The molecule has 0 unspecified atom stereocenters. The minimum absolute atomic E-state index is 0.142. The SMILES string of the molecule is CC(C)c1cc(F)cc(C(C)C)c1CC(=O)NSCC=O. The summed E-state index contributed by atoms with van der Waals surface area (Å²) in [6.07, 6.45) is 0.940. The standard InChI is InChI=1S/C16H22FNO2S/c1-10(2)13-7-12(17)8-14(11(3)4)15(13)9-16(20)18-21-6-5-19/h5,7-8,10-11H,6,9H2,1-4H3,(H,18,20). The molecule has 5 heteroatoms. The van der Waals surface area contributed by atoms with Crippen molar-refractivity contribution in [3.8, 4) is 0 Å². The van der Waals surface area contributed by atoms with Crippen LogP contribution in [-0.2, 0) is 16.0 Å². The van der Waals surface area contributed by atoms with Gasteiger partial charge in [-0.05, 0) is 52.6 Å². The lowest BCUT2D eigenvalue weighted by Gasteiger charge is -2.19. The van der Waals surface area contributed by atoms with E-state index in [4.69, 9.17) is 0 Å². The summed E-state index contributed by atoms with van der Waals surface area (Å²) in [4.78, 5) is 22.2. The van der Waals surface area contributed by atoms with E-state index in [-0.39, 0.29) is 35.7 Å². The van der Waals surface area contributed by atoms with Crippen molar-refractivity contribution in [2.24, 2.45) is 0 Å². The van der Waals surface area contributed by atoms with E-state index in [2.05, 4.69) is 4.72 Å². The Morgan fingerprint density at radius 3 is 2.19 bits per heavy atom. The van der Waals surface area contributed by atoms with Gasteiger partial charge in [0.25, 0.3) is 0 Å². The number of nitrogens with one attached hydrogen (secondary N) is 1. The number of carbonyl (C=O) groups excluding carboxylic acids is 2. The number of rotatable bonds is 7.